The smallest absolute Gasteiger partial charge is 0.164 e. The third kappa shape index (κ3) is 3.41. The molecule has 0 radical (unpaired) electrons. The van der Waals surface area contributed by atoms with Gasteiger partial charge in [-0.25, -0.2) is 4.39 Å². The Labute approximate surface area is 112 Å². The van der Waals surface area contributed by atoms with Gasteiger partial charge in [-0.3, -0.25) is 4.79 Å². The van der Waals surface area contributed by atoms with Crippen molar-refractivity contribution in [2.45, 2.75) is 13.3 Å². The van der Waals surface area contributed by atoms with Gasteiger partial charge in [-0.15, -0.1) is 0 Å². The van der Waals surface area contributed by atoms with E-state index in [-0.39, 0.29) is 11.3 Å². The number of nitrogens with one attached hydrogen (secondary N) is 1. The summed E-state index contributed by atoms with van der Waals surface area (Å²) in [5, 5.41) is 3.12. The fourth-order valence-electron chi connectivity index (χ4n) is 2.02. The van der Waals surface area contributed by atoms with Crippen LogP contribution >= 0.6 is 0 Å². The Morgan fingerprint density at radius 1 is 1.11 bits per heavy atom. The summed E-state index contributed by atoms with van der Waals surface area (Å²) in [6.45, 7) is 2.04. The Kier molecular flexibility index (Phi) is 4.29. The fourth-order valence-corrected chi connectivity index (χ4v) is 2.02. The summed E-state index contributed by atoms with van der Waals surface area (Å²) in [4.78, 5) is 11.4. The lowest BCUT2D eigenvalue weighted by atomic mass is 10.1. The van der Waals surface area contributed by atoms with Gasteiger partial charge in [0.25, 0.3) is 0 Å². The summed E-state index contributed by atoms with van der Waals surface area (Å²) in [7, 11) is 0. The maximum absolute atomic E-state index is 13.6. The van der Waals surface area contributed by atoms with E-state index in [4.69, 9.17) is 0 Å². The number of hydrogen-bond acceptors (Lipinski definition) is 2. The molecule has 98 valence electrons. The number of halogens is 1. The molecule has 0 aromatic heterocycles. The minimum absolute atomic E-state index is 0.135. The first-order valence-corrected chi connectivity index (χ1v) is 6.25. The molecule has 0 aliphatic rings. The predicted molar refractivity (Wildman–Crippen MR) is 75.0 cm³/mol. The van der Waals surface area contributed by atoms with Crippen LogP contribution in [0.3, 0.4) is 0 Å². The molecule has 0 atom stereocenters. The number of anilines is 1. The van der Waals surface area contributed by atoms with Gasteiger partial charge in [0.15, 0.2) is 5.78 Å². The van der Waals surface area contributed by atoms with Crippen LogP contribution in [0.1, 0.15) is 22.8 Å². The molecule has 0 bridgehead atoms. The Morgan fingerprint density at radius 3 is 2.53 bits per heavy atom. The van der Waals surface area contributed by atoms with Crippen LogP contribution in [-0.2, 0) is 6.42 Å². The molecule has 0 heterocycles. The van der Waals surface area contributed by atoms with Crippen LogP contribution in [0.25, 0.3) is 0 Å². The van der Waals surface area contributed by atoms with Gasteiger partial charge in [0, 0.05) is 12.2 Å². The molecule has 0 amide bonds. The van der Waals surface area contributed by atoms with Gasteiger partial charge in [-0.05, 0) is 31.0 Å². The average Bonchev–Trinajstić information content (AvgIpc) is 2.39. The number of carbonyl (C=O) groups is 1. The lowest BCUT2D eigenvalue weighted by molar-refractivity contribution is 0.101. The van der Waals surface area contributed by atoms with Crippen LogP contribution in [0.4, 0.5) is 10.1 Å². The Morgan fingerprint density at radius 2 is 1.84 bits per heavy atom. The molecule has 19 heavy (non-hydrogen) atoms. The third-order valence-corrected chi connectivity index (χ3v) is 2.94. The second kappa shape index (κ2) is 6.14. The SMILES string of the molecule is CC(=O)c1c(F)cccc1NCCc1ccccc1. The molecule has 0 saturated carbocycles. The maximum Gasteiger partial charge on any atom is 0.164 e. The van der Waals surface area contributed by atoms with E-state index in [9.17, 15) is 9.18 Å². The van der Waals surface area contributed by atoms with Crippen molar-refractivity contribution < 1.29 is 9.18 Å². The number of carbonyl (C=O) groups excluding carboxylic acids is 1. The van der Waals surface area contributed by atoms with Gasteiger partial charge in [0.2, 0.25) is 0 Å². The van der Waals surface area contributed by atoms with E-state index < -0.39 is 5.82 Å². The number of hydrogen-bond donors (Lipinski definition) is 1. The molecule has 0 spiro atoms. The largest absolute Gasteiger partial charge is 0.384 e. The van der Waals surface area contributed by atoms with Crippen LogP contribution in [0.15, 0.2) is 48.5 Å². The van der Waals surface area contributed by atoms with Crippen molar-refractivity contribution in [1.82, 2.24) is 0 Å². The van der Waals surface area contributed by atoms with Gasteiger partial charge >= 0.3 is 0 Å². The monoisotopic (exact) mass is 257 g/mol. The maximum atomic E-state index is 13.6. The van der Waals surface area contributed by atoms with Crippen molar-refractivity contribution in [2.75, 3.05) is 11.9 Å². The molecule has 2 nitrogen and oxygen atoms in total. The lowest BCUT2D eigenvalue weighted by Crippen LogP contribution is -2.10. The van der Waals surface area contributed by atoms with Crippen molar-refractivity contribution in [1.29, 1.82) is 0 Å². The van der Waals surface area contributed by atoms with Gasteiger partial charge in [0.1, 0.15) is 5.82 Å². The number of rotatable bonds is 5. The molecule has 3 heteroatoms. The molecule has 0 aliphatic carbocycles. The molecular weight excluding hydrogens is 241 g/mol. The Balaban J connectivity index is 2.04. The zero-order valence-electron chi connectivity index (χ0n) is 10.8. The normalized spacial score (nSPS) is 10.2. The number of Topliss-reactive ketones (excluding diaryl/α,β-unsaturated/α-hetero) is 1. The highest BCUT2D eigenvalue weighted by Gasteiger charge is 2.12. The topological polar surface area (TPSA) is 29.1 Å². The standard InChI is InChI=1S/C16H16FNO/c1-12(19)16-14(17)8-5-9-15(16)18-11-10-13-6-3-2-4-7-13/h2-9,18H,10-11H2,1H3. The van der Waals surface area contributed by atoms with Crippen molar-refractivity contribution in [3.05, 3.63) is 65.5 Å². The Bertz CT molecular complexity index is 566. The van der Waals surface area contributed by atoms with E-state index in [0.717, 1.165) is 6.42 Å². The second-order valence-corrected chi connectivity index (χ2v) is 4.38. The quantitative estimate of drug-likeness (QED) is 0.828. The predicted octanol–water partition coefficient (Wildman–Crippen LogP) is 3.68. The van der Waals surface area contributed by atoms with E-state index in [1.807, 2.05) is 30.3 Å². The van der Waals surface area contributed by atoms with Crippen LogP contribution in [0.2, 0.25) is 0 Å². The molecule has 0 saturated heterocycles. The van der Waals surface area contributed by atoms with Crippen molar-refractivity contribution in [2.24, 2.45) is 0 Å². The highest BCUT2D eigenvalue weighted by molar-refractivity contribution is 5.99. The third-order valence-electron chi connectivity index (χ3n) is 2.94. The number of ketones is 1. The second-order valence-electron chi connectivity index (χ2n) is 4.38. The van der Waals surface area contributed by atoms with E-state index >= 15 is 0 Å². The summed E-state index contributed by atoms with van der Waals surface area (Å²) in [6, 6.07) is 14.7. The molecule has 0 unspecified atom stereocenters. The molecule has 2 aromatic rings. The summed E-state index contributed by atoms with van der Waals surface area (Å²) < 4.78 is 13.6. The molecule has 2 rings (SSSR count). The first kappa shape index (κ1) is 13.3. The van der Waals surface area contributed by atoms with E-state index in [1.54, 1.807) is 12.1 Å². The van der Waals surface area contributed by atoms with Gasteiger partial charge in [-0.1, -0.05) is 36.4 Å². The first-order chi connectivity index (χ1) is 9.18. The summed E-state index contributed by atoms with van der Waals surface area (Å²) in [5.74, 6) is -0.738. The van der Waals surface area contributed by atoms with Crippen LogP contribution < -0.4 is 5.32 Å². The average molecular weight is 257 g/mol. The van der Waals surface area contributed by atoms with Crippen molar-refractivity contribution >= 4 is 11.5 Å². The lowest BCUT2D eigenvalue weighted by Gasteiger charge is -2.11. The van der Waals surface area contributed by atoms with E-state index in [1.165, 1.54) is 18.6 Å². The van der Waals surface area contributed by atoms with Crippen molar-refractivity contribution in [3.63, 3.8) is 0 Å². The van der Waals surface area contributed by atoms with E-state index in [2.05, 4.69) is 5.32 Å². The summed E-state index contributed by atoms with van der Waals surface area (Å²) in [6.07, 6.45) is 0.828. The molecule has 1 N–H and O–H groups in total. The highest BCUT2D eigenvalue weighted by atomic mass is 19.1. The molecule has 0 fully saturated rings. The van der Waals surface area contributed by atoms with Gasteiger partial charge in [-0.2, -0.15) is 0 Å². The minimum atomic E-state index is -0.475. The summed E-state index contributed by atoms with van der Waals surface area (Å²) >= 11 is 0. The molecular formula is C16H16FNO. The highest BCUT2D eigenvalue weighted by Crippen LogP contribution is 2.19. The van der Waals surface area contributed by atoms with E-state index in [0.29, 0.717) is 12.2 Å². The minimum Gasteiger partial charge on any atom is -0.384 e. The number of benzene rings is 2. The fraction of sp³-hybridized carbons (Fsp3) is 0.188. The van der Waals surface area contributed by atoms with Crippen LogP contribution in [0, 0.1) is 5.82 Å². The molecule has 2 aromatic carbocycles. The molecule has 0 aliphatic heterocycles. The first-order valence-electron chi connectivity index (χ1n) is 6.25. The zero-order valence-corrected chi connectivity index (χ0v) is 10.8. The van der Waals surface area contributed by atoms with Gasteiger partial charge in [0.05, 0.1) is 5.56 Å². The zero-order chi connectivity index (χ0) is 13.7. The van der Waals surface area contributed by atoms with Gasteiger partial charge < -0.3 is 5.32 Å². The van der Waals surface area contributed by atoms with Crippen LogP contribution in [0.5, 0.6) is 0 Å². The van der Waals surface area contributed by atoms with Crippen molar-refractivity contribution in [3.8, 4) is 0 Å². The Hall–Kier alpha value is -2.16. The van der Waals surface area contributed by atoms with Crippen LogP contribution in [-0.4, -0.2) is 12.3 Å². The summed E-state index contributed by atoms with van der Waals surface area (Å²) in [5.41, 5.74) is 1.90.